The van der Waals surface area contributed by atoms with Crippen LogP contribution in [0.2, 0.25) is 0 Å². The molecule has 4 rings (SSSR count). The molecule has 0 bridgehead atoms. The molecule has 5 nitrogen and oxygen atoms in total. The van der Waals surface area contributed by atoms with Crippen LogP contribution in [-0.2, 0) is 0 Å². The molecule has 1 aliphatic rings. The molecule has 1 aromatic carbocycles. The molecule has 0 N–H and O–H groups in total. The van der Waals surface area contributed by atoms with Crippen LogP contribution in [0.15, 0.2) is 28.7 Å². The number of hydrogen-bond donors (Lipinski definition) is 0. The lowest BCUT2D eigenvalue weighted by Gasteiger charge is -2.07. The Morgan fingerprint density at radius 3 is 2.95 bits per heavy atom. The highest BCUT2D eigenvalue weighted by Crippen LogP contribution is 2.34. The zero-order valence-electron chi connectivity index (χ0n) is 12.1. The lowest BCUT2D eigenvalue weighted by atomic mass is 10.1. The van der Waals surface area contributed by atoms with Crippen molar-refractivity contribution in [1.82, 2.24) is 14.6 Å². The highest BCUT2D eigenvalue weighted by molar-refractivity contribution is 8.01. The minimum Gasteiger partial charge on any atom is -0.490 e. The maximum absolute atomic E-state index is 5.74. The maximum atomic E-state index is 5.74. The fraction of sp³-hybridized carbons (Fsp3) is 0.333. The second-order valence-electron chi connectivity index (χ2n) is 4.87. The minimum atomic E-state index is 0.688. The van der Waals surface area contributed by atoms with Crippen molar-refractivity contribution >= 4 is 28.1 Å². The number of thioether (sulfide) groups is 1. The first-order valence-electron chi connectivity index (χ1n) is 7.22. The van der Waals surface area contributed by atoms with E-state index < -0.39 is 0 Å². The van der Waals surface area contributed by atoms with E-state index in [4.69, 9.17) is 9.47 Å². The third kappa shape index (κ3) is 2.55. The molecule has 0 saturated heterocycles. The topological polar surface area (TPSA) is 48.7 Å². The van der Waals surface area contributed by atoms with E-state index in [0.29, 0.717) is 13.2 Å². The first-order valence-corrected chi connectivity index (χ1v) is 9.03. The molecule has 3 heterocycles. The molecule has 0 radical (unpaired) electrons. The first-order chi connectivity index (χ1) is 10.8. The van der Waals surface area contributed by atoms with Gasteiger partial charge < -0.3 is 9.47 Å². The third-order valence-electron chi connectivity index (χ3n) is 3.34. The molecule has 0 saturated carbocycles. The van der Waals surface area contributed by atoms with Crippen LogP contribution < -0.4 is 9.47 Å². The number of imidazole rings is 1. The van der Waals surface area contributed by atoms with Crippen molar-refractivity contribution in [3.05, 3.63) is 24.4 Å². The van der Waals surface area contributed by atoms with Crippen LogP contribution in [0.1, 0.15) is 13.3 Å². The molecule has 0 amide bonds. The molecule has 0 spiro atoms. The van der Waals surface area contributed by atoms with Gasteiger partial charge in [0.15, 0.2) is 15.8 Å². The normalized spacial score (nSPS) is 14.2. The Bertz CT molecular complexity index is 781. The van der Waals surface area contributed by atoms with Crippen molar-refractivity contribution < 1.29 is 9.47 Å². The van der Waals surface area contributed by atoms with Crippen LogP contribution in [0.3, 0.4) is 0 Å². The SMILES string of the molecule is CCSc1nn2cc(-c3ccc4c(c3)OCCCO4)nc2s1. The van der Waals surface area contributed by atoms with Crippen LogP contribution >= 0.6 is 23.1 Å². The summed E-state index contributed by atoms with van der Waals surface area (Å²) in [7, 11) is 0. The number of rotatable bonds is 3. The Morgan fingerprint density at radius 2 is 2.14 bits per heavy atom. The molecular weight excluding hydrogens is 318 g/mol. The van der Waals surface area contributed by atoms with E-state index in [2.05, 4.69) is 17.0 Å². The summed E-state index contributed by atoms with van der Waals surface area (Å²) in [6.07, 6.45) is 2.87. The van der Waals surface area contributed by atoms with Gasteiger partial charge in [-0.05, 0) is 24.0 Å². The Hall–Kier alpha value is -1.73. The summed E-state index contributed by atoms with van der Waals surface area (Å²) in [5.41, 5.74) is 1.93. The van der Waals surface area contributed by atoms with Crippen LogP contribution in [0.25, 0.3) is 16.2 Å². The number of ether oxygens (including phenoxy) is 2. The fourth-order valence-corrected chi connectivity index (χ4v) is 4.15. The third-order valence-corrected chi connectivity index (χ3v) is 5.27. The van der Waals surface area contributed by atoms with Crippen LogP contribution in [0.5, 0.6) is 11.5 Å². The number of aromatic nitrogens is 3. The Balaban J connectivity index is 1.69. The standard InChI is InChI=1S/C15H15N3O2S2/c1-2-21-15-17-18-9-11(16-14(18)22-15)10-4-5-12-13(8-10)20-7-3-6-19-12/h4-5,8-9H,2-3,6-7H2,1H3. The van der Waals surface area contributed by atoms with Crippen LogP contribution in [0.4, 0.5) is 0 Å². The Kier molecular flexibility index (Phi) is 3.67. The van der Waals surface area contributed by atoms with Gasteiger partial charge in [-0.15, -0.1) is 5.10 Å². The molecule has 1 aliphatic heterocycles. The summed E-state index contributed by atoms with van der Waals surface area (Å²) in [6.45, 7) is 3.51. The van der Waals surface area contributed by atoms with Gasteiger partial charge in [-0.1, -0.05) is 30.0 Å². The van der Waals surface area contributed by atoms with Gasteiger partial charge in [-0.3, -0.25) is 0 Å². The van der Waals surface area contributed by atoms with Crippen molar-refractivity contribution in [3.63, 3.8) is 0 Å². The van der Waals surface area contributed by atoms with Gasteiger partial charge in [0.25, 0.3) is 0 Å². The minimum absolute atomic E-state index is 0.688. The largest absolute Gasteiger partial charge is 0.490 e. The predicted molar refractivity (Wildman–Crippen MR) is 88.3 cm³/mol. The second kappa shape index (κ2) is 5.81. The number of nitrogens with zero attached hydrogens (tertiary/aromatic N) is 3. The zero-order valence-corrected chi connectivity index (χ0v) is 13.7. The van der Waals surface area contributed by atoms with Crippen molar-refractivity contribution in [1.29, 1.82) is 0 Å². The zero-order chi connectivity index (χ0) is 14.9. The number of hydrogen-bond acceptors (Lipinski definition) is 6. The van der Waals surface area contributed by atoms with Gasteiger partial charge in [0, 0.05) is 12.0 Å². The average molecular weight is 333 g/mol. The lowest BCUT2D eigenvalue weighted by Crippen LogP contribution is -1.97. The van der Waals surface area contributed by atoms with E-state index in [0.717, 1.165) is 44.2 Å². The van der Waals surface area contributed by atoms with Gasteiger partial charge >= 0.3 is 0 Å². The van der Waals surface area contributed by atoms with Gasteiger partial charge in [0.05, 0.1) is 25.1 Å². The molecule has 114 valence electrons. The molecule has 22 heavy (non-hydrogen) atoms. The summed E-state index contributed by atoms with van der Waals surface area (Å²) in [6, 6.07) is 5.96. The van der Waals surface area contributed by atoms with E-state index >= 15 is 0 Å². The molecule has 0 atom stereocenters. The van der Waals surface area contributed by atoms with Gasteiger partial charge in [0.2, 0.25) is 4.96 Å². The van der Waals surface area contributed by atoms with Crippen molar-refractivity contribution in [3.8, 4) is 22.8 Å². The van der Waals surface area contributed by atoms with Crippen molar-refractivity contribution in [2.24, 2.45) is 0 Å². The average Bonchev–Trinajstić information content (AvgIpc) is 2.97. The quantitative estimate of drug-likeness (QED) is 0.684. The fourth-order valence-electron chi connectivity index (χ4n) is 2.33. The molecule has 7 heteroatoms. The Morgan fingerprint density at radius 1 is 1.27 bits per heavy atom. The smallest absolute Gasteiger partial charge is 0.213 e. The summed E-state index contributed by atoms with van der Waals surface area (Å²) in [5, 5.41) is 4.53. The summed E-state index contributed by atoms with van der Waals surface area (Å²) >= 11 is 3.36. The second-order valence-corrected chi connectivity index (χ2v) is 7.33. The predicted octanol–water partition coefficient (Wildman–Crippen LogP) is 3.73. The molecule has 3 aromatic rings. The Labute approximate surface area is 136 Å². The molecule has 0 aliphatic carbocycles. The van der Waals surface area contributed by atoms with E-state index in [1.807, 2.05) is 28.9 Å². The highest BCUT2D eigenvalue weighted by atomic mass is 32.2. The summed E-state index contributed by atoms with van der Waals surface area (Å²) in [5.74, 6) is 2.62. The van der Waals surface area contributed by atoms with Gasteiger partial charge in [0.1, 0.15) is 0 Å². The highest BCUT2D eigenvalue weighted by Gasteiger charge is 2.14. The van der Waals surface area contributed by atoms with E-state index in [1.165, 1.54) is 0 Å². The van der Waals surface area contributed by atoms with Crippen LogP contribution in [-0.4, -0.2) is 33.6 Å². The monoisotopic (exact) mass is 333 g/mol. The maximum Gasteiger partial charge on any atom is 0.213 e. The molecule has 0 fully saturated rings. The van der Waals surface area contributed by atoms with E-state index in [-0.39, 0.29) is 0 Å². The van der Waals surface area contributed by atoms with E-state index in [9.17, 15) is 0 Å². The van der Waals surface area contributed by atoms with Crippen molar-refractivity contribution in [2.45, 2.75) is 17.7 Å². The number of fused-ring (bicyclic) bond motifs is 2. The summed E-state index contributed by atoms with van der Waals surface area (Å²) in [4.78, 5) is 5.58. The molecular formula is C15H15N3O2S2. The lowest BCUT2D eigenvalue weighted by molar-refractivity contribution is 0.297. The summed E-state index contributed by atoms with van der Waals surface area (Å²) < 4.78 is 14.3. The number of benzene rings is 1. The van der Waals surface area contributed by atoms with E-state index in [1.54, 1.807) is 23.1 Å². The molecule has 2 aromatic heterocycles. The van der Waals surface area contributed by atoms with Gasteiger partial charge in [-0.2, -0.15) is 0 Å². The molecule has 0 unspecified atom stereocenters. The van der Waals surface area contributed by atoms with Crippen molar-refractivity contribution in [2.75, 3.05) is 19.0 Å². The van der Waals surface area contributed by atoms with Crippen LogP contribution in [0, 0.1) is 0 Å². The first kappa shape index (κ1) is 13.9. The van der Waals surface area contributed by atoms with Gasteiger partial charge in [-0.25, -0.2) is 9.50 Å².